The van der Waals surface area contributed by atoms with Crippen molar-refractivity contribution in [1.82, 2.24) is 0 Å². The Bertz CT molecular complexity index is 1100. The van der Waals surface area contributed by atoms with Crippen molar-refractivity contribution in [3.63, 3.8) is 0 Å². The SMILES string of the molecule is COc1ccc(C(=O)COC(=O)/C=C/c2ccc3cc(OC)ccc3c2)c(OC)c1. The number of carbonyl (C=O) groups is 2. The molecule has 6 heteroatoms. The van der Waals surface area contributed by atoms with E-state index >= 15 is 0 Å². The lowest BCUT2D eigenvalue weighted by Gasteiger charge is -2.09. The van der Waals surface area contributed by atoms with Crippen molar-refractivity contribution in [1.29, 1.82) is 0 Å². The molecular formula is C24H22O6. The fourth-order valence-electron chi connectivity index (χ4n) is 2.93. The van der Waals surface area contributed by atoms with E-state index < -0.39 is 5.97 Å². The number of hydrogen-bond acceptors (Lipinski definition) is 6. The van der Waals surface area contributed by atoms with Crippen LogP contribution >= 0.6 is 0 Å². The van der Waals surface area contributed by atoms with Crippen LogP contribution in [-0.4, -0.2) is 39.7 Å². The fourth-order valence-corrected chi connectivity index (χ4v) is 2.93. The fraction of sp³-hybridized carbons (Fsp3) is 0.167. The molecule has 30 heavy (non-hydrogen) atoms. The number of hydrogen-bond donors (Lipinski definition) is 0. The molecule has 0 saturated carbocycles. The second-order valence-corrected chi connectivity index (χ2v) is 6.40. The van der Waals surface area contributed by atoms with Crippen LogP contribution in [0.25, 0.3) is 16.8 Å². The highest BCUT2D eigenvalue weighted by atomic mass is 16.5. The topological polar surface area (TPSA) is 71.1 Å². The van der Waals surface area contributed by atoms with Crippen molar-refractivity contribution in [2.24, 2.45) is 0 Å². The molecular weight excluding hydrogens is 384 g/mol. The number of ketones is 1. The van der Waals surface area contributed by atoms with Crippen molar-refractivity contribution in [2.45, 2.75) is 0 Å². The van der Waals surface area contributed by atoms with Crippen LogP contribution < -0.4 is 14.2 Å². The van der Waals surface area contributed by atoms with E-state index in [1.807, 2.05) is 36.4 Å². The molecule has 0 amide bonds. The zero-order valence-electron chi connectivity index (χ0n) is 17.0. The number of esters is 1. The Morgan fingerprint density at radius 2 is 1.47 bits per heavy atom. The van der Waals surface area contributed by atoms with Crippen LogP contribution in [-0.2, 0) is 9.53 Å². The number of carbonyl (C=O) groups excluding carboxylic acids is 2. The Morgan fingerprint density at radius 1 is 0.800 bits per heavy atom. The van der Waals surface area contributed by atoms with E-state index in [2.05, 4.69) is 0 Å². The van der Waals surface area contributed by atoms with Crippen molar-refractivity contribution >= 4 is 28.6 Å². The maximum Gasteiger partial charge on any atom is 0.331 e. The zero-order chi connectivity index (χ0) is 21.5. The van der Waals surface area contributed by atoms with Gasteiger partial charge in [0.2, 0.25) is 5.78 Å². The molecule has 0 aliphatic rings. The van der Waals surface area contributed by atoms with Crippen molar-refractivity contribution in [3.05, 3.63) is 71.8 Å². The minimum Gasteiger partial charge on any atom is -0.497 e. The zero-order valence-corrected chi connectivity index (χ0v) is 17.0. The molecule has 6 nitrogen and oxygen atoms in total. The van der Waals surface area contributed by atoms with Crippen LogP contribution in [0.15, 0.2) is 60.7 Å². The van der Waals surface area contributed by atoms with Gasteiger partial charge in [-0.3, -0.25) is 4.79 Å². The highest BCUT2D eigenvalue weighted by molar-refractivity contribution is 6.01. The first-order valence-electron chi connectivity index (χ1n) is 9.22. The van der Waals surface area contributed by atoms with Crippen LogP contribution in [0.5, 0.6) is 17.2 Å². The smallest absolute Gasteiger partial charge is 0.331 e. The average Bonchev–Trinajstić information content (AvgIpc) is 2.80. The minimum atomic E-state index is -0.606. The van der Waals surface area contributed by atoms with Gasteiger partial charge in [-0.2, -0.15) is 0 Å². The molecule has 0 N–H and O–H groups in total. The summed E-state index contributed by atoms with van der Waals surface area (Å²) < 4.78 is 20.6. The summed E-state index contributed by atoms with van der Waals surface area (Å²) in [5, 5.41) is 2.06. The number of fused-ring (bicyclic) bond motifs is 1. The molecule has 0 saturated heterocycles. The molecule has 3 rings (SSSR count). The number of benzene rings is 3. The molecule has 0 radical (unpaired) electrons. The molecule has 0 aromatic heterocycles. The standard InChI is InChI=1S/C24H22O6/c1-27-19-8-7-17-12-16(4-6-18(17)13-19)5-11-24(26)30-15-22(25)21-10-9-20(28-2)14-23(21)29-3/h4-14H,15H2,1-3H3/b11-5+. The summed E-state index contributed by atoms with van der Waals surface area (Å²) in [5.74, 6) is 0.741. The van der Waals surface area contributed by atoms with Crippen LogP contribution in [0, 0.1) is 0 Å². The van der Waals surface area contributed by atoms with Gasteiger partial charge < -0.3 is 18.9 Å². The van der Waals surface area contributed by atoms with E-state index in [-0.39, 0.29) is 12.4 Å². The van der Waals surface area contributed by atoms with Gasteiger partial charge >= 0.3 is 5.97 Å². The summed E-state index contributed by atoms with van der Waals surface area (Å²) in [6, 6.07) is 16.4. The third-order valence-corrected chi connectivity index (χ3v) is 4.54. The lowest BCUT2D eigenvalue weighted by molar-refractivity contribution is -0.136. The number of rotatable bonds is 8. The predicted octanol–water partition coefficient (Wildman–Crippen LogP) is 4.30. The highest BCUT2D eigenvalue weighted by Crippen LogP contribution is 2.25. The number of Topliss-reactive ketones (excluding diaryl/α,β-unsaturated/α-hetero) is 1. The summed E-state index contributed by atoms with van der Waals surface area (Å²) in [6.07, 6.45) is 2.94. The lowest BCUT2D eigenvalue weighted by Crippen LogP contribution is -2.13. The van der Waals surface area contributed by atoms with Gasteiger partial charge in [0.05, 0.1) is 26.9 Å². The second kappa shape index (κ2) is 9.60. The summed E-state index contributed by atoms with van der Waals surface area (Å²) in [6.45, 7) is -0.386. The maximum absolute atomic E-state index is 12.4. The molecule has 0 heterocycles. The van der Waals surface area contributed by atoms with E-state index in [0.29, 0.717) is 17.1 Å². The Labute approximate surface area is 174 Å². The number of ether oxygens (including phenoxy) is 4. The molecule has 3 aromatic carbocycles. The highest BCUT2D eigenvalue weighted by Gasteiger charge is 2.15. The molecule has 3 aromatic rings. The molecule has 0 unspecified atom stereocenters. The summed E-state index contributed by atoms with van der Waals surface area (Å²) in [7, 11) is 4.61. The van der Waals surface area contributed by atoms with E-state index in [1.165, 1.54) is 20.3 Å². The Morgan fingerprint density at radius 3 is 2.20 bits per heavy atom. The first kappa shape index (κ1) is 20.9. The van der Waals surface area contributed by atoms with E-state index in [1.54, 1.807) is 31.4 Å². The monoisotopic (exact) mass is 406 g/mol. The number of methoxy groups -OCH3 is 3. The molecule has 0 bridgehead atoms. The Kier molecular flexibility index (Phi) is 6.70. The largest absolute Gasteiger partial charge is 0.497 e. The lowest BCUT2D eigenvalue weighted by atomic mass is 10.1. The molecule has 0 fully saturated rings. The predicted molar refractivity (Wildman–Crippen MR) is 114 cm³/mol. The molecule has 0 spiro atoms. The third-order valence-electron chi connectivity index (χ3n) is 4.54. The summed E-state index contributed by atoms with van der Waals surface area (Å²) in [4.78, 5) is 24.4. The van der Waals surface area contributed by atoms with Gasteiger partial charge in [0, 0.05) is 12.1 Å². The van der Waals surface area contributed by atoms with E-state index in [9.17, 15) is 9.59 Å². The normalized spacial score (nSPS) is 10.8. The van der Waals surface area contributed by atoms with Gasteiger partial charge in [-0.05, 0) is 52.7 Å². The molecule has 0 atom stereocenters. The maximum atomic E-state index is 12.4. The summed E-state index contributed by atoms with van der Waals surface area (Å²) >= 11 is 0. The molecule has 154 valence electrons. The van der Waals surface area contributed by atoms with Gasteiger partial charge in [0.1, 0.15) is 17.2 Å². The van der Waals surface area contributed by atoms with Gasteiger partial charge in [0.25, 0.3) is 0 Å². The molecule has 0 aliphatic heterocycles. The van der Waals surface area contributed by atoms with E-state index in [0.717, 1.165) is 22.1 Å². The van der Waals surface area contributed by atoms with E-state index in [4.69, 9.17) is 18.9 Å². The second-order valence-electron chi connectivity index (χ2n) is 6.40. The van der Waals surface area contributed by atoms with Gasteiger partial charge in [-0.25, -0.2) is 4.79 Å². The van der Waals surface area contributed by atoms with Gasteiger partial charge in [-0.1, -0.05) is 18.2 Å². The van der Waals surface area contributed by atoms with Gasteiger partial charge in [-0.15, -0.1) is 0 Å². The minimum absolute atomic E-state index is 0.319. The first-order chi connectivity index (χ1) is 14.5. The van der Waals surface area contributed by atoms with Crippen LogP contribution in [0.2, 0.25) is 0 Å². The van der Waals surface area contributed by atoms with Crippen molar-refractivity contribution in [3.8, 4) is 17.2 Å². The van der Waals surface area contributed by atoms with Crippen molar-refractivity contribution < 1.29 is 28.5 Å². The molecule has 0 aliphatic carbocycles. The Balaban J connectivity index is 1.62. The van der Waals surface area contributed by atoms with Crippen LogP contribution in [0.3, 0.4) is 0 Å². The van der Waals surface area contributed by atoms with Gasteiger partial charge in [0.15, 0.2) is 6.61 Å². The first-order valence-corrected chi connectivity index (χ1v) is 9.22. The average molecular weight is 406 g/mol. The third kappa shape index (κ3) is 4.97. The quantitative estimate of drug-likeness (QED) is 0.315. The summed E-state index contributed by atoms with van der Waals surface area (Å²) in [5.41, 5.74) is 1.16. The van der Waals surface area contributed by atoms with Crippen LogP contribution in [0.4, 0.5) is 0 Å². The Hall–Kier alpha value is -3.80. The van der Waals surface area contributed by atoms with Crippen molar-refractivity contribution in [2.75, 3.05) is 27.9 Å². The van der Waals surface area contributed by atoms with Crippen LogP contribution in [0.1, 0.15) is 15.9 Å².